The molecule has 1 rings (SSSR count). The lowest BCUT2D eigenvalue weighted by Gasteiger charge is -2.21. The van der Waals surface area contributed by atoms with Crippen LogP contribution < -0.4 is 9.47 Å². The molecule has 136 valence electrons. The minimum absolute atomic E-state index is 0.515. The Morgan fingerprint density at radius 2 is 1.88 bits per heavy atom. The Balaban J connectivity index is 2.51. The molecule has 1 aromatic rings. The van der Waals surface area contributed by atoms with Crippen LogP contribution in [0.25, 0.3) is 0 Å². The van der Waals surface area contributed by atoms with Gasteiger partial charge < -0.3 is 14.6 Å². The van der Waals surface area contributed by atoms with Crippen molar-refractivity contribution in [1.29, 1.82) is 0 Å². The number of benzene rings is 1. The maximum Gasteiger partial charge on any atom is 0.160 e. The van der Waals surface area contributed by atoms with Gasteiger partial charge in [0.15, 0.2) is 11.5 Å². The number of aryl methyl sites for hydroxylation is 1. The molecule has 1 aromatic carbocycles. The van der Waals surface area contributed by atoms with Crippen LogP contribution >= 0.6 is 0 Å². The van der Waals surface area contributed by atoms with Crippen LogP contribution in [0, 0.1) is 0 Å². The highest BCUT2D eigenvalue weighted by molar-refractivity contribution is 5.42. The Morgan fingerprint density at radius 3 is 2.46 bits per heavy atom. The topological polar surface area (TPSA) is 38.7 Å². The summed E-state index contributed by atoms with van der Waals surface area (Å²) in [7, 11) is 3.33. The number of ether oxygens (including phenoxy) is 2. The third kappa shape index (κ3) is 6.96. The highest BCUT2D eigenvalue weighted by Gasteiger charge is 2.16. The van der Waals surface area contributed by atoms with Crippen molar-refractivity contribution in [2.75, 3.05) is 14.2 Å². The summed E-state index contributed by atoms with van der Waals surface area (Å²) in [6.45, 7) is 6.18. The van der Waals surface area contributed by atoms with Crippen molar-refractivity contribution < 1.29 is 14.6 Å². The fraction of sp³-hybridized carbons (Fsp3) is 0.619. The monoisotopic (exact) mass is 334 g/mol. The summed E-state index contributed by atoms with van der Waals surface area (Å²) in [6, 6.07) is 6.11. The summed E-state index contributed by atoms with van der Waals surface area (Å²) < 4.78 is 10.6. The second-order valence-corrected chi connectivity index (χ2v) is 6.65. The lowest BCUT2D eigenvalue weighted by atomic mass is 9.93. The zero-order chi connectivity index (χ0) is 18.0. The molecule has 0 aromatic heterocycles. The standard InChI is InChI=1S/C21H34O3/c1-6-17(12-9-15-21(3,22)7-2)10-8-11-18-13-14-19(23-4)20(16-18)24-5/h10,13-14,16,22H,6-9,11-12,15H2,1-5H3/b17-10+. The molecule has 0 radical (unpaired) electrons. The SMILES string of the molecule is CC/C(=C\CCc1ccc(OC)c(OC)c1)CCCC(C)(O)CC. The van der Waals surface area contributed by atoms with Crippen molar-refractivity contribution in [2.24, 2.45) is 0 Å². The van der Waals surface area contributed by atoms with E-state index in [2.05, 4.69) is 25.1 Å². The van der Waals surface area contributed by atoms with E-state index in [4.69, 9.17) is 9.47 Å². The van der Waals surface area contributed by atoms with E-state index >= 15 is 0 Å². The van der Waals surface area contributed by atoms with Gasteiger partial charge in [0.05, 0.1) is 19.8 Å². The molecule has 3 nitrogen and oxygen atoms in total. The maximum absolute atomic E-state index is 10.1. The van der Waals surface area contributed by atoms with Crippen LogP contribution in [0.3, 0.4) is 0 Å². The summed E-state index contributed by atoms with van der Waals surface area (Å²) in [5, 5.41) is 10.1. The van der Waals surface area contributed by atoms with Crippen LogP contribution in [0.1, 0.15) is 64.9 Å². The second-order valence-electron chi connectivity index (χ2n) is 6.65. The lowest BCUT2D eigenvalue weighted by molar-refractivity contribution is 0.0450. The molecular formula is C21H34O3. The fourth-order valence-corrected chi connectivity index (χ4v) is 2.78. The van der Waals surface area contributed by atoms with Crippen LogP contribution in [0.5, 0.6) is 11.5 Å². The molecule has 0 aliphatic carbocycles. The average molecular weight is 335 g/mol. The van der Waals surface area contributed by atoms with Gasteiger partial charge in [-0.15, -0.1) is 0 Å². The predicted molar refractivity (Wildman–Crippen MR) is 101 cm³/mol. The van der Waals surface area contributed by atoms with Crippen molar-refractivity contribution in [3.05, 3.63) is 35.4 Å². The molecule has 0 amide bonds. The Kier molecular flexibility index (Phi) is 8.91. The third-order valence-corrected chi connectivity index (χ3v) is 4.74. The van der Waals surface area contributed by atoms with Crippen LogP contribution in [0.2, 0.25) is 0 Å². The minimum atomic E-state index is -0.515. The zero-order valence-corrected chi connectivity index (χ0v) is 16.0. The van der Waals surface area contributed by atoms with E-state index in [0.717, 1.165) is 56.4 Å². The first-order chi connectivity index (χ1) is 11.5. The van der Waals surface area contributed by atoms with Crippen LogP contribution in [0.15, 0.2) is 29.8 Å². The molecular weight excluding hydrogens is 300 g/mol. The fourth-order valence-electron chi connectivity index (χ4n) is 2.78. The van der Waals surface area contributed by atoms with Gasteiger partial charge in [0.25, 0.3) is 0 Å². The molecule has 1 atom stereocenters. The molecule has 0 saturated heterocycles. The highest BCUT2D eigenvalue weighted by atomic mass is 16.5. The lowest BCUT2D eigenvalue weighted by Crippen LogP contribution is -2.22. The average Bonchev–Trinajstić information content (AvgIpc) is 2.60. The molecule has 3 heteroatoms. The highest BCUT2D eigenvalue weighted by Crippen LogP contribution is 2.28. The molecule has 24 heavy (non-hydrogen) atoms. The van der Waals surface area contributed by atoms with Gasteiger partial charge in [-0.1, -0.05) is 31.6 Å². The molecule has 0 spiro atoms. The van der Waals surface area contributed by atoms with E-state index in [-0.39, 0.29) is 0 Å². The van der Waals surface area contributed by atoms with Crippen molar-refractivity contribution in [3.63, 3.8) is 0 Å². The number of methoxy groups -OCH3 is 2. The number of rotatable bonds is 11. The molecule has 0 heterocycles. The van der Waals surface area contributed by atoms with Gasteiger partial charge in [-0.05, 0) is 69.6 Å². The van der Waals surface area contributed by atoms with Crippen molar-refractivity contribution in [3.8, 4) is 11.5 Å². The van der Waals surface area contributed by atoms with Gasteiger partial charge in [0, 0.05) is 0 Å². The Morgan fingerprint density at radius 1 is 1.17 bits per heavy atom. The summed E-state index contributed by atoms with van der Waals surface area (Å²) in [5.41, 5.74) is 2.23. The first-order valence-corrected chi connectivity index (χ1v) is 9.07. The van der Waals surface area contributed by atoms with Crippen LogP contribution in [0.4, 0.5) is 0 Å². The molecule has 0 saturated carbocycles. The first kappa shape index (κ1) is 20.6. The summed E-state index contributed by atoms with van der Waals surface area (Å²) in [4.78, 5) is 0. The van der Waals surface area contributed by atoms with E-state index in [1.807, 2.05) is 19.9 Å². The van der Waals surface area contributed by atoms with E-state index < -0.39 is 5.60 Å². The molecule has 0 aliphatic rings. The number of allylic oxidation sites excluding steroid dienone is 2. The second kappa shape index (κ2) is 10.4. The normalized spacial score (nSPS) is 14.3. The molecule has 0 bridgehead atoms. The summed E-state index contributed by atoms with van der Waals surface area (Å²) >= 11 is 0. The van der Waals surface area contributed by atoms with Crippen molar-refractivity contribution in [1.82, 2.24) is 0 Å². The number of hydrogen-bond acceptors (Lipinski definition) is 3. The van der Waals surface area contributed by atoms with E-state index in [0.29, 0.717) is 0 Å². The van der Waals surface area contributed by atoms with Crippen LogP contribution in [-0.4, -0.2) is 24.9 Å². The van der Waals surface area contributed by atoms with E-state index in [9.17, 15) is 5.11 Å². The zero-order valence-electron chi connectivity index (χ0n) is 16.0. The van der Waals surface area contributed by atoms with Gasteiger partial charge >= 0.3 is 0 Å². The Bertz CT molecular complexity index is 518. The summed E-state index contributed by atoms with van der Waals surface area (Å²) in [5.74, 6) is 1.56. The van der Waals surface area contributed by atoms with Crippen molar-refractivity contribution in [2.45, 2.75) is 71.3 Å². The van der Waals surface area contributed by atoms with Gasteiger partial charge in [-0.25, -0.2) is 0 Å². The third-order valence-electron chi connectivity index (χ3n) is 4.74. The number of aliphatic hydroxyl groups is 1. The number of hydrogen-bond donors (Lipinski definition) is 1. The Hall–Kier alpha value is -1.48. The summed E-state index contributed by atoms with van der Waals surface area (Å²) in [6.07, 6.45) is 9.29. The van der Waals surface area contributed by atoms with Gasteiger partial charge in [-0.2, -0.15) is 0 Å². The Labute approximate surface area is 147 Å². The molecule has 0 fully saturated rings. The van der Waals surface area contributed by atoms with Gasteiger partial charge in [0.1, 0.15) is 0 Å². The smallest absolute Gasteiger partial charge is 0.160 e. The largest absolute Gasteiger partial charge is 0.493 e. The van der Waals surface area contributed by atoms with Crippen LogP contribution in [-0.2, 0) is 6.42 Å². The molecule has 1 N–H and O–H groups in total. The van der Waals surface area contributed by atoms with Gasteiger partial charge in [-0.3, -0.25) is 0 Å². The van der Waals surface area contributed by atoms with Gasteiger partial charge in [0.2, 0.25) is 0 Å². The maximum atomic E-state index is 10.1. The first-order valence-electron chi connectivity index (χ1n) is 9.07. The quantitative estimate of drug-likeness (QED) is 0.558. The minimum Gasteiger partial charge on any atom is -0.493 e. The predicted octanol–water partition coefficient (Wildman–Crippen LogP) is 5.30. The van der Waals surface area contributed by atoms with Crippen molar-refractivity contribution >= 4 is 0 Å². The molecule has 1 unspecified atom stereocenters. The molecule has 0 aliphatic heterocycles. The van der Waals surface area contributed by atoms with E-state index in [1.54, 1.807) is 14.2 Å². The van der Waals surface area contributed by atoms with E-state index in [1.165, 1.54) is 11.1 Å².